The van der Waals surface area contributed by atoms with Gasteiger partial charge < -0.3 is 4.74 Å². The lowest BCUT2D eigenvalue weighted by molar-refractivity contribution is 0.0609. The zero-order chi connectivity index (χ0) is 18.3. The van der Waals surface area contributed by atoms with Crippen molar-refractivity contribution in [2.75, 3.05) is 5.88 Å². The number of ether oxygens (including phenoxy) is 1. The number of hydrogen-bond acceptors (Lipinski definition) is 5. The van der Waals surface area contributed by atoms with Crippen LogP contribution in [0.5, 0.6) is 5.75 Å². The Kier molecular flexibility index (Phi) is 4.52. The van der Waals surface area contributed by atoms with E-state index < -0.39 is 9.84 Å². The number of sulfone groups is 1. The van der Waals surface area contributed by atoms with Crippen molar-refractivity contribution >= 4 is 9.84 Å². The largest absolute Gasteiger partial charge is 0.490 e. The van der Waals surface area contributed by atoms with Crippen LogP contribution in [0.3, 0.4) is 0 Å². The molecule has 26 heavy (non-hydrogen) atoms. The smallest absolute Gasteiger partial charge is 0.195 e. The van der Waals surface area contributed by atoms with Crippen molar-refractivity contribution in [3.8, 4) is 5.75 Å². The number of nitrogens with zero attached hydrogens (tertiary/aromatic N) is 2. The van der Waals surface area contributed by atoms with Crippen LogP contribution in [0.1, 0.15) is 37.1 Å². The molecule has 3 atom stereocenters. The number of aryl methyl sites for hydroxylation is 2. The summed E-state index contributed by atoms with van der Waals surface area (Å²) >= 11 is 0. The predicted molar refractivity (Wildman–Crippen MR) is 98.9 cm³/mol. The molecule has 0 saturated carbocycles. The third-order valence-electron chi connectivity index (χ3n) is 5.58. The molecule has 0 spiro atoms. The fourth-order valence-corrected chi connectivity index (χ4v) is 6.43. The molecule has 0 amide bonds. The summed E-state index contributed by atoms with van der Waals surface area (Å²) in [5.74, 6) is 0.962. The van der Waals surface area contributed by atoms with Crippen LogP contribution in [0.4, 0.5) is 0 Å². The summed E-state index contributed by atoms with van der Waals surface area (Å²) in [5, 5.41) is 6.83. The molecule has 2 aliphatic heterocycles. The Bertz CT molecular complexity index is 845. The minimum Gasteiger partial charge on any atom is -0.490 e. The molecular weight excluding hydrogens is 350 g/mol. The van der Waals surface area contributed by atoms with E-state index in [1.807, 2.05) is 30.3 Å². The van der Waals surface area contributed by atoms with E-state index in [0.29, 0.717) is 16.3 Å². The molecule has 6 nitrogen and oxygen atoms in total. The number of para-hydroxylation sites is 1. The Morgan fingerprint density at radius 2 is 1.81 bits per heavy atom. The third-order valence-corrected chi connectivity index (χ3v) is 7.44. The van der Waals surface area contributed by atoms with E-state index >= 15 is 0 Å². The SMILES string of the molecule is Cc1n[nH]c(C)c1S(=O)(=O)CN1[C@@H]2CC[C@H]1CC(Oc1ccccc1)C2. The maximum atomic E-state index is 13.0. The van der Waals surface area contributed by atoms with Crippen molar-refractivity contribution < 1.29 is 13.2 Å². The molecule has 2 saturated heterocycles. The number of rotatable bonds is 5. The first-order valence-electron chi connectivity index (χ1n) is 9.16. The van der Waals surface area contributed by atoms with Crippen LogP contribution in [0, 0.1) is 13.8 Å². The van der Waals surface area contributed by atoms with Gasteiger partial charge in [0.25, 0.3) is 0 Å². The first kappa shape index (κ1) is 17.5. The van der Waals surface area contributed by atoms with Crippen molar-refractivity contribution in [2.24, 2.45) is 0 Å². The molecule has 0 aliphatic carbocycles. The summed E-state index contributed by atoms with van der Waals surface area (Å²) in [6.45, 7) is 3.51. The highest BCUT2D eigenvalue weighted by atomic mass is 32.2. The van der Waals surface area contributed by atoms with E-state index in [1.54, 1.807) is 13.8 Å². The van der Waals surface area contributed by atoms with E-state index in [9.17, 15) is 8.42 Å². The molecule has 7 heteroatoms. The molecule has 2 fully saturated rings. The van der Waals surface area contributed by atoms with Crippen LogP contribution in [-0.2, 0) is 9.84 Å². The monoisotopic (exact) mass is 375 g/mol. The summed E-state index contributed by atoms with van der Waals surface area (Å²) in [7, 11) is -3.39. The van der Waals surface area contributed by atoms with Gasteiger partial charge in [0.15, 0.2) is 9.84 Å². The number of aromatic amines is 1. The van der Waals surface area contributed by atoms with Crippen LogP contribution < -0.4 is 4.74 Å². The molecule has 1 unspecified atom stereocenters. The Morgan fingerprint density at radius 3 is 2.38 bits per heavy atom. The number of aromatic nitrogens is 2. The van der Waals surface area contributed by atoms with Crippen molar-refractivity contribution in [1.82, 2.24) is 15.1 Å². The molecule has 1 aromatic heterocycles. The van der Waals surface area contributed by atoms with Gasteiger partial charge in [0.2, 0.25) is 0 Å². The maximum absolute atomic E-state index is 13.0. The van der Waals surface area contributed by atoms with E-state index in [2.05, 4.69) is 15.1 Å². The first-order chi connectivity index (χ1) is 12.4. The van der Waals surface area contributed by atoms with Gasteiger partial charge in [0.05, 0.1) is 11.4 Å². The maximum Gasteiger partial charge on any atom is 0.195 e. The van der Waals surface area contributed by atoms with Crippen LogP contribution in [0.15, 0.2) is 35.2 Å². The second-order valence-corrected chi connectivity index (χ2v) is 9.33. The summed E-state index contributed by atoms with van der Waals surface area (Å²) < 4.78 is 32.1. The second kappa shape index (κ2) is 6.70. The van der Waals surface area contributed by atoms with Crippen LogP contribution in [0.25, 0.3) is 0 Å². The summed E-state index contributed by atoms with van der Waals surface area (Å²) in [5.41, 5.74) is 1.18. The molecule has 2 aliphatic rings. The van der Waals surface area contributed by atoms with Gasteiger partial charge in [0, 0.05) is 12.1 Å². The van der Waals surface area contributed by atoms with Gasteiger partial charge in [-0.3, -0.25) is 10.00 Å². The molecule has 0 radical (unpaired) electrons. The number of hydrogen-bond donors (Lipinski definition) is 1. The fraction of sp³-hybridized carbons (Fsp3) is 0.526. The molecule has 1 N–H and O–H groups in total. The Morgan fingerprint density at radius 1 is 1.15 bits per heavy atom. The number of piperidine rings is 1. The zero-order valence-electron chi connectivity index (χ0n) is 15.2. The van der Waals surface area contributed by atoms with Gasteiger partial charge in [-0.15, -0.1) is 0 Å². The van der Waals surface area contributed by atoms with Gasteiger partial charge in [0.1, 0.15) is 22.6 Å². The standard InChI is InChI=1S/C19H25N3O3S/c1-13-19(14(2)21-20-13)26(23,24)12-22-15-8-9-16(22)11-18(10-15)25-17-6-4-3-5-7-17/h3-7,15-16,18H,8-12H2,1-2H3,(H,20,21)/t15-,16+,18?. The Labute approximate surface area is 154 Å². The van der Waals surface area contributed by atoms with Gasteiger partial charge in [-0.2, -0.15) is 5.10 Å². The molecule has 2 bridgehead atoms. The molecule has 3 heterocycles. The zero-order valence-corrected chi connectivity index (χ0v) is 16.0. The number of fused-ring (bicyclic) bond motifs is 2. The number of H-pyrrole nitrogens is 1. The molecular formula is C19H25N3O3S. The van der Waals surface area contributed by atoms with Crippen molar-refractivity contribution in [3.63, 3.8) is 0 Å². The Hall–Kier alpha value is -1.86. The van der Waals surface area contributed by atoms with Gasteiger partial charge in [-0.1, -0.05) is 18.2 Å². The van der Waals surface area contributed by atoms with Crippen LogP contribution >= 0.6 is 0 Å². The van der Waals surface area contributed by atoms with E-state index in [1.165, 1.54) is 0 Å². The molecule has 140 valence electrons. The van der Waals surface area contributed by atoms with E-state index in [0.717, 1.165) is 31.4 Å². The summed E-state index contributed by atoms with van der Waals surface area (Å²) in [6.07, 6.45) is 4.00. The quantitative estimate of drug-likeness (QED) is 0.870. The van der Waals surface area contributed by atoms with Crippen LogP contribution in [0.2, 0.25) is 0 Å². The van der Waals surface area contributed by atoms with Crippen LogP contribution in [-0.4, -0.2) is 47.6 Å². The molecule has 4 rings (SSSR count). The minimum absolute atomic E-state index is 0.0710. The Balaban J connectivity index is 1.47. The first-order valence-corrected chi connectivity index (χ1v) is 10.8. The van der Waals surface area contributed by atoms with Gasteiger partial charge >= 0.3 is 0 Å². The van der Waals surface area contributed by atoms with Gasteiger partial charge in [-0.25, -0.2) is 8.42 Å². The molecule has 1 aromatic carbocycles. The minimum atomic E-state index is -3.39. The number of benzene rings is 1. The van der Waals surface area contributed by atoms with Crippen molar-refractivity contribution in [3.05, 3.63) is 41.7 Å². The topological polar surface area (TPSA) is 75.3 Å². The van der Waals surface area contributed by atoms with Crippen molar-refractivity contribution in [1.29, 1.82) is 0 Å². The summed E-state index contributed by atoms with van der Waals surface area (Å²) in [6, 6.07) is 10.4. The second-order valence-electron chi connectivity index (χ2n) is 7.43. The van der Waals surface area contributed by atoms with Gasteiger partial charge in [-0.05, 0) is 51.7 Å². The average Bonchev–Trinajstić information content (AvgIpc) is 3.04. The third kappa shape index (κ3) is 3.25. The lowest BCUT2D eigenvalue weighted by atomic mass is 10.0. The highest BCUT2D eigenvalue weighted by Gasteiger charge is 2.43. The van der Waals surface area contributed by atoms with Crippen molar-refractivity contribution in [2.45, 2.75) is 62.6 Å². The lowest BCUT2D eigenvalue weighted by Crippen LogP contribution is -2.48. The normalized spacial score (nSPS) is 26.2. The fourth-order valence-electron chi connectivity index (χ4n) is 4.48. The van der Waals surface area contributed by atoms with E-state index in [-0.39, 0.29) is 24.1 Å². The lowest BCUT2D eigenvalue weighted by Gasteiger charge is -2.38. The highest BCUT2D eigenvalue weighted by molar-refractivity contribution is 7.91. The average molecular weight is 375 g/mol. The highest BCUT2D eigenvalue weighted by Crippen LogP contribution is 2.38. The summed E-state index contributed by atoms with van der Waals surface area (Å²) in [4.78, 5) is 2.53. The van der Waals surface area contributed by atoms with E-state index in [4.69, 9.17) is 4.74 Å². The molecule has 2 aromatic rings. The predicted octanol–water partition coefficient (Wildman–Crippen LogP) is 2.83. The number of nitrogens with one attached hydrogen (secondary N) is 1.